The van der Waals surface area contributed by atoms with Crippen molar-refractivity contribution in [2.45, 2.75) is 12.8 Å². The molecule has 7 heteroatoms. The normalized spacial score (nSPS) is 20.9. The lowest BCUT2D eigenvalue weighted by atomic mass is 9.99. The molecular weight excluding hydrogens is 274 g/mol. The fourth-order valence-corrected chi connectivity index (χ4v) is 3.22. The summed E-state index contributed by atoms with van der Waals surface area (Å²) in [5, 5.41) is 8.71. The highest BCUT2D eigenvalue weighted by Crippen LogP contribution is 2.20. The van der Waals surface area contributed by atoms with E-state index in [2.05, 4.69) is 15.9 Å². The maximum Gasteiger partial charge on any atom is 0.306 e. The van der Waals surface area contributed by atoms with E-state index in [9.17, 15) is 13.2 Å². The second-order valence-electron chi connectivity index (χ2n) is 3.23. The predicted octanol–water partition coefficient (Wildman–Crippen LogP) is 0.465. The maximum atomic E-state index is 11.4. The van der Waals surface area contributed by atoms with Crippen molar-refractivity contribution in [2.24, 2.45) is 5.92 Å². The monoisotopic (exact) mass is 285 g/mol. The van der Waals surface area contributed by atoms with Crippen LogP contribution in [0.4, 0.5) is 0 Å². The van der Waals surface area contributed by atoms with Gasteiger partial charge in [-0.15, -0.1) is 0 Å². The zero-order chi connectivity index (χ0) is 10.8. The number of nitrogens with zero attached hydrogens (tertiary/aromatic N) is 1. The van der Waals surface area contributed by atoms with Crippen LogP contribution in [-0.2, 0) is 14.8 Å². The van der Waals surface area contributed by atoms with Gasteiger partial charge >= 0.3 is 5.97 Å². The molecule has 1 fully saturated rings. The Morgan fingerprint density at radius 3 is 2.29 bits per heavy atom. The Labute approximate surface area is 91.3 Å². The third kappa shape index (κ3) is 2.68. The lowest BCUT2D eigenvalue weighted by Crippen LogP contribution is -2.40. The second kappa shape index (κ2) is 4.59. The first-order chi connectivity index (χ1) is 6.47. The third-order valence-electron chi connectivity index (χ3n) is 2.33. The van der Waals surface area contributed by atoms with Gasteiger partial charge in [-0.3, -0.25) is 4.79 Å². The van der Waals surface area contributed by atoms with Gasteiger partial charge in [-0.1, -0.05) is 15.9 Å². The summed E-state index contributed by atoms with van der Waals surface area (Å²) in [7, 11) is -3.21. The predicted molar refractivity (Wildman–Crippen MR) is 54.6 cm³/mol. The molecule has 0 spiro atoms. The number of carboxylic acids is 1. The standard InChI is InChI=1S/C7H12BrNO4S/c8-5-14(12,13)9-3-1-6(2-4-9)7(10)11/h6H,1-5H2,(H,10,11). The zero-order valence-corrected chi connectivity index (χ0v) is 9.92. The number of hydrogen-bond acceptors (Lipinski definition) is 3. The van der Waals surface area contributed by atoms with Crippen molar-refractivity contribution >= 4 is 31.9 Å². The summed E-state index contributed by atoms with van der Waals surface area (Å²) < 4.78 is 24.0. The summed E-state index contributed by atoms with van der Waals surface area (Å²) in [6.07, 6.45) is 0.809. The first-order valence-corrected chi connectivity index (χ1v) is 6.97. The summed E-state index contributed by atoms with van der Waals surface area (Å²) in [6, 6.07) is 0. The van der Waals surface area contributed by atoms with Gasteiger partial charge in [0, 0.05) is 13.1 Å². The van der Waals surface area contributed by atoms with E-state index in [1.165, 1.54) is 4.31 Å². The Balaban J connectivity index is 2.56. The van der Waals surface area contributed by atoms with Crippen LogP contribution in [0.15, 0.2) is 0 Å². The number of carboxylic acid groups (broad SMARTS) is 1. The number of piperidine rings is 1. The van der Waals surface area contributed by atoms with Crippen molar-refractivity contribution in [1.82, 2.24) is 4.31 Å². The van der Waals surface area contributed by atoms with E-state index in [4.69, 9.17) is 5.11 Å². The Hall–Kier alpha value is -0.140. The molecule has 5 nitrogen and oxygen atoms in total. The van der Waals surface area contributed by atoms with Crippen LogP contribution in [0.1, 0.15) is 12.8 Å². The van der Waals surface area contributed by atoms with E-state index >= 15 is 0 Å². The summed E-state index contributed by atoms with van der Waals surface area (Å²) in [5.41, 5.74) is 0. The Morgan fingerprint density at radius 2 is 1.93 bits per heavy atom. The van der Waals surface area contributed by atoms with Crippen molar-refractivity contribution < 1.29 is 18.3 Å². The topological polar surface area (TPSA) is 74.7 Å². The third-order valence-corrected chi connectivity index (χ3v) is 5.50. The van der Waals surface area contributed by atoms with Crippen LogP contribution in [0.5, 0.6) is 0 Å². The van der Waals surface area contributed by atoms with Crippen molar-refractivity contribution in [3.8, 4) is 0 Å². The van der Waals surface area contributed by atoms with E-state index in [0.717, 1.165) is 0 Å². The van der Waals surface area contributed by atoms with Crippen molar-refractivity contribution in [2.75, 3.05) is 17.8 Å². The number of hydrogen-bond donors (Lipinski definition) is 1. The molecule has 1 aliphatic heterocycles. The molecule has 0 aliphatic carbocycles. The number of rotatable bonds is 3. The molecular formula is C7H12BrNO4S. The molecule has 1 aliphatic rings. The van der Waals surface area contributed by atoms with Gasteiger partial charge in [-0.2, -0.15) is 0 Å². The number of carbonyl (C=O) groups is 1. The molecule has 0 aromatic rings. The maximum absolute atomic E-state index is 11.4. The van der Waals surface area contributed by atoms with E-state index in [-0.39, 0.29) is 4.66 Å². The van der Waals surface area contributed by atoms with Crippen LogP contribution in [0.2, 0.25) is 0 Å². The minimum Gasteiger partial charge on any atom is -0.481 e. The Morgan fingerprint density at radius 1 is 1.43 bits per heavy atom. The molecule has 0 saturated carbocycles. The van der Waals surface area contributed by atoms with Gasteiger partial charge in [-0.25, -0.2) is 12.7 Å². The summed E-state index contributed by atoms with van der Waals surface area (Å²) >= 11 is 2.90. The average Bonchev–Trinajstić information content (AvgIpc) is 2.18. The molecule has 0 atom stereocenters. The molecule has 0 aromatic heterocycles. The highest BCUT2D eigenvalue weighted by atomic mass is 79.9. The molecule has 0 unspecified atom stereocenters. The number of alkyl halides is 1. The van der Waals surface area contributed by atoms with Crippen LogP contribution in [0.3, 0.4) is 0 Å². The first-order valence-electron chi connectivity index (χ1n) is 4.24. The lowest BCUT2D eigenvalue weighted by molar-refractivity contribution is -0.142. The van der Waals surface area contributed by atoms with Gasteiger partial charge in [0.1, 0.15) is 4.66 Å². The SMILES string of the molecule is O=C(O)C1CCN(S(=O)(=O)CBr)CC1. The smallest absolute Gasteiger partial charge is 0.306 e. The fraction of sp³-hybridized carbons (Fsp3) is 0.857. The highest BCUT2D eigenvalue weighted by Gasteiger charge is 2.29. The van der Waals surface area contributed by atoms with Crippen molar-refractivity contribution in [1.29, 1.82) is 0 Å². The number of halogens is 1. The molecule has 0 aromatic carbocycles. The van der Waals surface area contributed by atoms with Crippen LogP contribution in [0, 0.1) is 5.92 Å². The van der Waals surface area contributed by atoms with Gasteiger partial charge < -0.3 is 5.11 Å². The molecule has 0 amide bonds. The van der Waals surface area contributed by atoms with Gasteiger partial charge in [0.05, 0.1) is 5.92 Å². The molecule has 1 saturated heterocycles. The van der Waals surface area contributed by atoms with Crippen LogP contribution in [-0.4, -0.2) is 41.6 Å². The lowest BCUT2D eigenvalue weighted by Gasteiger charge is -2.28. The fourth-order valence-electron chi connectivity index (χ4n) is 1.45. The molecule has 1 heterocycles. The van der Waals surface area contributed by atoms with Gasteiger partial charge in [0.25, 0.3) is 0 Å². The second-order valence-corrected chi connectivity index (χ2v) is 6.50. The molecule has 1 rings (SSSR count). The van der Waals surface area contributed by atoms with Gasteiger partial charge in [0.15, 0.2) is 0 Å². The van der Waals surface area contributed by atoms with E-state index in [0.29, 0.717) is 25.9 Å². The van der Waals surface area contributed by atoms with Crippen molar-refractivity contribution in [3.63, 3.8) is 0 Å². The first kappa shape index (κ1) is 11.9. The highest BCUT2D eigenvalue weighted by molar-refractivity contribution is 9.10. The molecule has 1 N–H and O–H groups in total. The minimum absolute atomic E-state index is 0.0995. The average molecular weight is 286 g/mol. The quantitative estimate of drug-likeness (QED) is 0.765. The largest absolute Gasteiger partial charge is 0.481 e. The van der Waals surface area contributed by atoms with E-state index < -0.39 is 21.9 Å². The van der Waals surface area contributed by atoms with Crippen LogP contribution >= 0.6 is 15.9 Å². The molecule has 82 valence electrons. The Bertz CT molecular complexity index is 308. The van der Waals surface area contributed by atoms with Gasteiger partial charge in [0.2, 0.25) is 10.0 Å². The Kier molecular flexibility index (Phi) is 3.91. The van der Waals surface area contributed by atoms with Crippen molar-refractivity contribution in [3.05, 3.63) is 0 Å². The molecule has 0 bridgehead atoms. The summed E-state index contributed by atoms with van der Waals surface area (Å²) in [4.78, 5) is 10.6. The minimum atomic E-state index is -3.21. The van der Waals surface area contributed by atoms with E-state index in [1.54, 1.807) is 0 Å². The molecule has 14 heavy (non-hydrogen) atoms. The zero-order valence-electron chi connectivity index (χ0n) is 7.52. The van der Waals surface area contributed by atoms with Crippen LogP contribution < -0.4 is 0 Å². The number of sulfonamides is 1. The number of aliphatic carboxylic acids is 1. The summed E-state index contributed by atoms with van der Waals surface area (Å²) in [6.45, 7) is 0.621. The summed E-state index contributed by atoms with van der Waals surface area (Å²) in [5.74, 6) is -1.22. The molecule has 0 radical (unpaired) electrons. The van der Waals surface area contributed by atoms with Crippen LogP contribution in [0.25, 0.3) is 0 Å². The van der Waals surface area contributed by atoms with E-state index in [1.807, 2.05) is 0 Å². The van der Waals surface area contributed by atoms with Gasteiger partial charge in [-0.05, 0) is 12.8 Å².